The van der Waals surface area contributed by atoms with E-state index >= 15 is 0 Å². The minimum Gasteiger partial charge on any atom is -0.508 e. The molecule has 8 aromatic carbocycles. The largest absolute Gasteiger partial charge is 0.508 e. The van der Waals surface area contributed by atoms with Crippen LogP contribution in [0.15, 0.2) is 276 Å². The standard InChI is InChI=1S/C13H19BrO2.2C11H13NO.2C9H6O2.2C8H5BrO.C6H5BrO/c1-3-15-13(16-4-2)9-8-11-6-5-7-12(14)10-11;1-2-10(12)9-4-3-8-5-6-13-11(8)7-9;1-2-10(12)8-4-3-5-11-9(8)6-7-13-11;10-6-7-1-2-8-3-4-11-9(8)5-7;10-6-7-2-1-3-9-8(7)4-5-11-9;9-7-2-1-6-3-4-10-8(6)5-7;9-7-2-1-3-8-6(7)4-5-10-8;7-5-2-1-3-6(8)4-5/h5-7,10,13H,3-4,8-9H2,1-2H3;2*3-7,10H,2,12H2,1H3;2*1-6H;2*1-5H;1-4,8H. The molecular formula is C75H72Br4N2O11. The lowest BCUT2D eigenvalue weighted by Gasteiger charge is -2.16. The molecule has 0 fully saturated rings. The maximum atomic E-state index is 10.5. The molecule has 6 aromatic heterocycles. The number of aryl methyl sites for hydroxylation is 1. The lowest BCUT2D eigenvalue weighted by Crippen LogP contribution is -2.18. The highest BCUT2D eigenvalue weighted by Crippen LogP contribution is 2.28. The number of halogens is 4. The maximum Gasteiger partial charge on any atom is 0.157 e. The molecule has 14 aromatic rings. The summed E-state index contributed by atoms with van der Waals surface area (Å²) in [4.78, 5) is 20.8. The Morgan fingerprint density at radius 2 is 0.935 bits per heavy atom. The summed E-state index contributed by atoms with van der Waals surface area (Å²) in [5.41, 5.74) is 22.0. The van der Waals surface area contributed by atoms with E-state index in [0.29, 0.717) is 30.1 Å². The average molecular weight is 1500 g/mol. The molecule has 2 atom stereocenters. The van der Waals surface area contributed by atoms with Crippen LogP contribution in [0.5, 0.6) is 5.75 Å². The van der Waals surface area contributed by atoms with Gasteiger partial charge in [0.25, 0.3) is 0 Å². The highest BCUT2D eigenvalue weighted by Gasteiger charge is 2.11. The number of aromatic hydroxyl groups is 1. The fourth-order valence-electron chi connectivity index (χ4n) is 9.09. The van der Waals surface area contributed by atoms with E-state index in [-0.39, 0.29) is 18.4 Å². The van der Waals surface area contributed by atoms with Crippen LogP contribution in [0.25, 0.3) is 65.8 Å². The zero-order valence-corrected chi connectivity index (χ0v) is 57.6. The summed E-state index contributed by atoms with van der Waals surface area (Å²) in [5, 5.41) is 15.2. The van der Waals surface area contributed by atoms with Crippen LogP contribution in [0.4, 0.5) is 0 Å². The van der Waals surface area contributed by atoms with E-state index in [0.717, 1.165) is 128 Å². The Labute approximate surface area is 568 Å². The topological polar surface area (TPSA) is 204 Å². The number of hydrogen-bond donors (Lipinski definition) is 3. The zero-order chi connectivity index (χ0) is 65.6. The molecule has 0 aliphatic rings. The smallest absolute Gasteiger partial charge is 0.157 e. The monoisotopic (exact) mass is 1490 g/mol. The summed E-state index contributed by atoms with van der Waals surface area (Å²) in [5.74, 6) is 0.291. The third kappa shape index (κ3) is 22.1. The first-order valence-electron chi connectivity index (χ1n) is 29.7. The Morgan fingerprint density at radius 3 is 1.50 bits per heavy atom. The van der Waals surface area contributed by atoms with Crippen molar-refractivity contribution in [3.05, 3.63) is 277 Å². The number of phenolic OH excluding ortho intramolecular Hbond substituents is 1. The molecule has 2 unspecified atom stereocenters. The molecule has 17 heteroatoms. The minimum absolute atomic E-state index is 0.0750. The summed E-state index contributed by atoms with van der Waals surface area (Å²) in [6, 6.07) is 61.7. The lowest BCUT2D eigenvalue weighted by atomic mass is 10.0. The molecule has 14 rings (SSSR count). The number of benzene rings is 8. The average Bonchev–Trinajstić information content (AvgIpc) is 2.55. The number of ether oxygens (including phenoxy) is 2. The molecule has 0 saturated heterocycles. The molecule has 0 radical (unpaired) electrons. The molecule has 0 amide bonds. The quantitative estimate of drug-likeness (QED) is 0.0727. The van der Waals surface area contributed by atoms with Crippen LogP contribution < -0.4 is 11.5 Å². The van der Waals surface area contributed by atoms with E-state index < -0.39 is 0 Å². The van der Waals surface area contributed by atoms with Crippen molar-refractivity contribution in [2.45, 2.75) is 71.8 Å². The third-order valence-electron chi connectivity index (χ3n) is 13.9. The number of nitrogens with two attached hydrogens (primary N) is 2. The highest BCUT2D eigenvalue weighted by atomic mass is 79.9. The van der Waals surface area contributed by atoms with Gasteiger partial charge in [-0.2, -0.15) is 0 Å². The number of carbonyl (C=O) groups excluding carboxylic acids is 2. The Balaban J connectivity index is 0.000000150. The first kappa shape index (κ1) is 71.3. The van der Waals surface area contributed by atoms with Gasteiger partial charge in [0.05, 0.1) is 37.6 Å². The van der Waals surface area contributed by atoms with Crippen molar-refractivity contribution in [2.24, 2.45) is 11.5 Å². The second kappa shape index (κ2) is 38.0. The molecule has 476 valence electrons. The molecular weight excluding hydrogens is 1420 g/mol. The Bertz CT molecular complexity index is 4440. The molecule has 0 aliphatic heterocycles. The number of carbonyl (C=O) groups is 2. The van der Waals surface area contributed by atoms with Gasteiger partial charge in [0.1, 0.15) is 45.5 Å². The van der Waals surface area contributed by atoms with E-state index in [2.05, 4.69) is 108 Å². The van der Waals surface area contributed by atoms with Gasteiger partial charge in [-0.3, -0.25) is 9.59 Å². The SMILES string of the molecule is Brc1ccc2ccoc2c1.Brc1cccc2occc12.CCC(N)c1ccc2ccoc2c1.CCC(N)c1cccc2occc12.CCOC(CCc1cccc(Br)c1)OCC.O=Cc1ccc2ccoc2c1.O=Cc1cccc2occc12.Oc1cccc(Br)c1. The number of hydrogen-bond acceptors (Lipinski definition) is 13. The predicted octanol–water partition coefficient (Wildman–Crippen LogP) is 22.5. The molecule has 0 spiro atoms. The molecule has 0 bridgehead atoms. The van der Waals surface area contributed by atoms with Gasteiger partial charge in [0, 0.05) is 93.1 Å². The number of aldehydes is 2. The van der Waals surface area contributed by atoms with Crippen molar-refractivity contribution in [2.75, 3.05) is 13.2 Å². The van der Waals surface area contributed by atoms with Gasteiger partial charge in [0.2, 0.25) is 0 Å². The lowest BCUT2D eigenvalue weighted by molar-refractivity contribution is -0.139. The van der Waals surface area contributed by atoms with Crippen molar-refractivity contribution in [3.63, 3.8) is 0 Å². The van der Waals surface area contributed by atoms with Crippen molar-refractivity contribution in [1.29, 1.82) is 0 Å². The van der Waals surface area contributed by atoms with E-state index in [1.54, 1.807) is 86.1 Å². The maximum absolute atomic E-state index is 10.5. The van der Waals surface area contributed by atoms with Crippen molar-refractivity contribution in [3.8, 4) is 5.75 Å². The second-order valence-corrected chi connectivity index (χ2v) is 23.8. The minimum atomic E-state index is -0.0750. The van der Waals surface area contributed by atoms with Crippen molar-refractivity contribution >= 4 is 142 Å². The Morgan fingerprint density at radius 1 is 0.446 bits per heavy atom. The third-order valence-corrected chi connectivity index (χ3v) is 16.1. The van der Waals surface area contributed by atoms with Crippen LogP contribution in [-0.2, 0) is 15.9 Å². The van der Waals surface area contributed by atoms with E-state index in [1.807, 2.05) is 129 Å². The first-order chi connectivity index (χ1) is 44.7. The number of rotatable bonds is 13. The normalized spacial score (nSPS) is 11.2. The molecule has 13 nitrogen and oxygen atoms in total. The van der Waals surface area contributed by atoms with Gasteiger partial charge in [-0.25, -0.2) is 0 Å². The molecule has 0 aliphatic carbocycles. The van der Waals surface area contributed by atoms with Crippen LogP contribution in [0.2, 0.25) is 0 Å². The van der Waals surface area contributed by atoms with Gasteiger partial charge in [0.15, 0.2) is 12.6 Å². The fraction of sp³-hybridized carbons (Fsp3) is 0.173. The van der Waals surface area contributed by atoms with Crippen LogP contribution >= 0.6 is 63.7 Å². The van der Waals surface area contributed by atoms with E-state index in [1.165, 1.54) is 11.1 Å². The predicted molar refractivity (Wildman–Crippen MR) is 383 cm³/mol. The van der Waals surface area contributed by atoms with Crippen molar-refractivity contribution in [1.82, 2.24) is 0 Å². The zero-order valence-electron chi connectivity index (χ0n) is 51.3. The summed E-state index contributed by atoms with van der Waals surface area (Å²) >= 11 is 13.4. The first-order valence-corrected chi connectivity index (χ1v) is 32.9. The number of phenols is 1. The van der Waals surface area contributed by atoms with Gasteiger partial charge in [-0.15, -0.1) is 0 Å². The van der Waals surface area contributed by atoms with Crippen LogP contribution in [-0.4, -0.2) is 37.2 Å². The van der Waals surface area contributed by atoms with E-state index in [9.17, 15) is 9.59 Å². The Hall–Kier alpha value is -8.10. The summed E-state index contributed by atoms with van der Waals surface area (Å²) in [7, 11) is 0. The molecule has 6 heterocycles. The number of fused-ring (bicyclic) bond motifs is 6. The summed E-state index contributed by atoms with van der Waals surface area (Å²) in [6.45, 7) is 9.54. The summed E-state index contributed by atoms with van der Waals surface area (Å²) in [6.07, 6.45) is 15.3. The van der Waals surface area contributed by atoms with Gasteiger partial charge >= 0.3 is 0 Å². The van der Waals surface area contributed by atoms with E-state index in [4.69, 9.17) is 52.6 Å². The molecule has 92 heavy (non-hydrogen) atoms. The number of furan rings is 6. The Kier molecular flexibility index (Phi) is 29.5. The fourth-order valence-corrected chi connectivity index (χ4v) is 10.7. The van der Waals surface area contributed by atoms with Crippen LogP contribution in [0.1, 0.15) is 96.4 Å². The molecule has 0 saturated carbocycles. The van der Waals surface area contributed by atoms with Gasteiger partial charge < -0.3 is 52.6 Å². The van der Waals surface area contributed by atoms with Gasteiger partial charge in [-0.05, 0) is 165 Å². The molecule has 5 N–H and O–H groups in total. The van der Waals surface area contributed by atoms with Crippen LogP contribution in [0.3, 0.4) is 0 Å². The summed E-state index contributed by atoms with van der Waals surface area (Å²) < 4.78 is 46.3. The van der Waals surface area contributed by atoms with Crippen molar-refractivity contribution < 1.29 is 50.7 Å². The van der Waals surface area contributed by atoms with Crippen LogP contribution in [0, 0.1) is 0 Å². The highest BCUT2D eigenvalue weighted by molar-refractivity contribution is 9.11. The van der Waals surface area contributed by atoms with Gasteiger partial charge in [-0.1, -0.05) is 156 Å². The second-order valence-electron chi connectivity index (χ2n) is 20.2.